The second-order valence-corrected chi connectivity index (χ2v) is 32.1. The molecule has 0 unspecified atom stereocenters. The molecule has 0 heterocycles. The van der Waals surface area contributed by atoms with Gasteiger partial charge in [-0.1, -0.05) is 0 Å². The van der Waals surface area contributed by atoms with E-state index < -0.39 is 18.3 Å². The number of allylic oxidation sites excluding steroid dienone is 4. The van der Waals surface area contributed by atoms with Gasteiger partial charge in [0.2, 0.25) is 0 Å². The van der Waals surface area contributed by atoms with E-state index in [2.05, 4.69) is 142 Å². The molecule has 0 amide bonds. The number of benzene rings is 3. The van der Waals surface area contributed by atoms with Gasteiger partial charge in [0.05, 0.1) is 0 Å². The second-order valence-electron chi connectivity index (χ2n) is 17.7. The molecule has 3 aliphatic rings. The van der Waals surface area contributed by atoms with Gasteiger partial charge in [0, 0.05) is 0 Å². The molecule has 3 aromatic carbocycles. The zero-order valence-corrected chi connectivity index (χ0v) is 34.9. The summed E-state index contributed by atoms with van der Waals surface area (Å²) in [6.07, 6.45) is 13.7. The van der Waals surface area contributed by atoms with E-state index >= 15 is 0 Å². The maximum absolute atomic E-state index is 6.00. The maximum atomic E-state index is 6.00. The average Bonchev–Trinajstić information content (AvgIpc) is 3.76. The van der Waals surface area contributed by atoms with Crippen LogP contribution in [0, 0.1) is 0 Å². The van der Waals surface area contributed by atoms with Gasteiger partial charge in [-0.25, -0.2) is 0 Å². The Morgan fingerprint density at radius 3 is 1.53 bits per heavy atom. The van der Waals surface area contributed by atoms with Gasteiger partial charge >= 0.3 is 278 Å². The molecule has 3 aromatic rings. The van der Waals surface area contributed by atoms with Crippen LogP contribution in [0.15, 0.2) is 76.1 Å². The molecule has 1 fully saturated rings. The Morgan fingerprint density at radius 1 is 0.681 bits per heavy atom. The Balaban J connectivity index is 0.00000250. The van der Waals surface area contributed by atoms with Gasteiger partial charge in [0.25, 0.3) is 0 Å². The zero-order valence-electron chi connectivity index (χ0n) is 30.8. The molecule has 0 aliphatic heterocycles. The molecular formula is C44H60Cl2Zr. The molecule has 3 heteroatoms. The summed E-state index contributed by atoms with van der Waals surface area (Å²) in [5, 5.41) is 0. The Morgan fingerprint density at radius 2 is 1.15 bits per heavy atom. The first-order chi connectivity index (χ1) is 21.0. The van der Waals surface area contributed by atoms with Crippen LogP contribution >= 0.6 is 24.8 Å². The van der Waals surface area contributed by atoms with E-state index in [0.29, 0.717) is 19.1 Å². The molecule has 0 N–H and O–H groups in total. The molecule has 0 bridgehead atoms. The van der Waals surface area contributed by atoms with Crippen molar-refractivity contribution in [1.82, 2.24) is 0 Å². The topological polar surface area (TPSA) is 0 Å². The van der Waals surface area contributed by atoms with E-state index in [1.54, 1.807) is 17.7 Å². The van der Waals surface area contributed by atoms with Crippen LogP contribution in [-0.4, -0.2) is 4.21 Å². The first kappa shape index (κ1) is 38.3. The molecule has 1 saturated carbocycles. The predicted molar refractivity (Wildman–Crippen MR) is 211 cm³/mol. The van der Waals surface area contributed by atoms with Crippen LogP contribution in [0.25, 0.3) is 11.1 Å². The van der Waals surface area contributed by atoms with Crippen molar-refractivity contribution in [1.29, 1.82) is 0 Å². The van der Waals surface area contributed by atoms with Crippen molar-refractivity contribution in [2.24, 2.45) is 0 Å². The Bertz CT molecular complexity index is 1680. The van der Waals surface area contributed by atoms with Crippen LogP contribution in [0.2, 0.25) is 3.63 Å². The van der Waals surface area contributed by atoms with E-state index in [-0.39, 0.29) is 35.6 Å². The summed E-state index contributed by atoms with van der Waals surface area (Å²) < 4.78 is 10.4. The van der Waals surface area contributed by atoms with Gasteiger partial charge in [-0.2, -0.15) is 0 Å². The molecule has 6 rings (SSSR count). The number of hydrogen-bond donors (Lipinski definition) is 0. The fourth-order valence-electron chi connectivity index (χ4n) is 9.33. The molecule has 254 valence electrons. The van der Waals surface area contributed by atoms with Crippen LogP contribution < -0.4 is 3.27 Å². The molecule has 47 heavy (non-hydrogen) atoms. The van der Waals surface area contributed by atoms with Gasteiger partial charge in [0.15, 0.2) is 0 Å². The normalized spacial score (nSPS) is 17.1. The predicted octanol–water partition coefficient (Wildman–Crippen LogP) is 13.1. The quantitative estimate of drug-likeness (QED) is 0.235. The van der Waals surface area contributed by atoms with Crippen molar-refractivity contribution >= 4 is 32.3 Å². The first-order valence-electron chi connectivity index (χ1n) is 17.9. The monoisotopic (exact) mass is 748 g/mol. The van der Waals surface area contributed by atoms with Crippen molar-refractivity contribution in [2.45, 2.75) is 131 Å². The fourth-order valence-corrected chi connectivity index (χ4v) is 29.7. The van der Waals surface area contributed by atoms with Crippen molar-refractivity contribution < 1.29 is 18.3 Å². The van der Waals surface area contributed by atoms with Gasteiger partial charge in [-0.05, 0) is 0 Å². The van der Waals surface area contributed by atoms with E-state index in [0.717, 1.165) is 6.42 Å². The van der Waals surface area contributed by atoms with Gasteiger partial charge in [0.1, 0.15) is 0 Å². The Labute approximate surface area is 300 Å². The molecule has 0 aromatic heterocycles. The zero-order chi connectivity index (χ0) is 32.6. The molecule has 0 saturated heterocycles. The summed E-state index contributed by atoms with van der Waals surface area (Å²) in [6.45, 7) is 23.8. The number of rotatable bonds is 6. The third-order valence-electron chi connectivity index (χ3n) is 12.2. The van der Waals surface area contributed by atoms with Gasteiger partial charge in [-0.15, -0.1) is 24.8 Å². The average molecular weight is 751 g/mol. The van der Waals surface area contributed by atoms with Gasteiger partial charge in [-0.3, -0.25) is 0 Å². The van der Waals surface area contributed by atoms with E-state index in [9.17, 15) is 0 Å². The molecule has 0 spiro atoms. The van der Waals surface area contributed by atoms with Crippen molar-refractivity contribution in [3.8, 4) is 11.1 Å². The molecule has 0 atom stereocenters. The number of fused-ring (bicyclic) bond motifs is 3. The number of halogens is 2. The van der Waals surface area contributed by atoms with Crippen LogP contribution in [-0.2, 0) is 29.1 Å². The molecular weight excluding hydrogens is 691 g/mol. The van der Waals surface area contributed by atoms with E-state index in [1.165, 1.54) is 59.1 Å². The summed E-state index contributed by atoms with van der Waals surface area (Å²) in [6, 6.07) is 23.0. The molecule has 3 aliphatic carbocycles. The Hall–Kier alpha value is -1.53. The summed E-state index contributed by atoms with van der Waals surface area (Å²) >= 11 is -4.58. The summed E-state index contributed by atoms with van der Waals surface area (Å²) in [7, 11) is 0. The van der Waals surface area contributed by atoms with Crippen molar-refractivity contribution in [3.05, 3.63) is 109 Å². The summed E-state index contributed by atoms with van der Waals surface area (Å²) in [5.74, 6) is 0.967. The van der Waals surface area contributed by atoms with E-state index in [1.807, 2.05) is 0 Å². The van der Waals surface area contributed by atoms with Gasteiger partial charge < -0.3 is 0 Å². The summed E-state index contributed by atoms with van der Waals surface area (Å²) in [5.41, 5.74) is 12.1. The van der Waals surface area contributed by atoms with Crippen LogP contribution in [0.4, 0.5) is 0 Å². The fraction of sp³-hybridized carbons (Fsp3) is 0.477. The van der Waals surface area contributed by atoms with Crippen molar-refractivity contribution in [3.63, 3.8) is 0 Å². The van der Waals surface area contributed by atoms with E-state index in [4.69, 9.17) is 4.21 Å². The SMILES string of the molecule is Cl.Cl.[CH2]=[Zr]([C]1=CC=CC1)([c]1cc(C(C)C)cc(C(C)C)c1)([CH]1CCCC1)[CH]1c2cc(C(C)(C)C)ccc2-c2ccc(C(C)(C)C)cc21. The first-order valence-corrected chi connectivity index (χ1v) is 24.9. The minimum atomic E-state index is -4.58. The third kappa shape index (κ3) is 6.12. The third-order valence-corrected chi connectivity index (χ3v) is 31.7. The standard InChI is InChI=1S/C21H25.C12H17.C5H9.C5H5.CH2.2ClH.Zr/c1-20(2,3)16-7-9-18-14(12-16)11-15-13-17(21(4,5)6)8-10-19(15)18;1-9(2)11-6-5-7-12(8-11)10(3)4;2*1-2-4-5-3-1;;;;/h7-13H,1-6H3;6-10H,1-4H3;1H,2-5H2;1-3H,4H2;1H2;2*1H;. The van der Waals surface area contributed by atoms with Crippen molar-refractivity contribution in [2.75, 3.05) is 0 Å². The number of hydrogen-bond acceptors (Lipinski definition) is 0. The Kier molecular flexibility index (Phi) is 10.8. The van der Waals surface area contributed by atoms with Crippen LogP contribution in [0.1, 0.15) is 150 Å². The molecule has 0 nitrogen and oxygen atoms in total. The summed E-state index contributed by atoms with van der Waals surface area (Å²) in [4.78, 5) is 0. The van der Waals surface area contributed by atoms with Crippen LogP contribution in [0.3, 0.4) is 0 Å². The molecule has 0 radical (unpaired) electrons. The van der Waals surface area contributed by atoms with Crippen LogP contribution in [0.5, 0.6) is 0 Å². The second kappa shape index (κ2) is 13.3. The minimum absolute atomic E-state index is 0.